The summed E-state index contributed by atoms with van der Waals surface area (Å²) in [6, 6.07) is 15.8. The fourth-order valence-electron chi connectivity index (χ4n) is 4.05. The minimum Gasteiger partial charge on any atom is -0.496 e. The molecule has 34 heavy (non-hydrogen) atoms. The number of piperidine rings is 1. The van der Waals surface area contributed by atoms with Gasteiger partial charge in [0.15, 0.2) is 0 Å². The number of benzene rings is 2. The molecule has 7 heteroatoms. The van der Waals surface area contributed by atoms with Crippen molar-refractivity contribution in [2.75, 3.05) is 33.4 Å². The summed E-state index contributed by atoms with van der Waals surface area (Å²) in [4.78, 5) is 14.0. The highest BCUT2D eigenvalue weighted by Crippen LogP contribution is 2.29. The van der Waals surface area contributed by atoms with Gasteiger partial charge in [-0.05, 0) is 51.0 Å². The number of ether oxygens (including phenoxy) is 4. The lowest BCUT2D eigenvalue weighted by atomic mass is 9.86. The van der Waals surface area contributed by atoms with Gasteiger partial charge in [0.2, 0.25) is 0 Å². The van der Waals surface area contributed by atoms with Gasteiger partial charge in [0.1, 0.15) is 17.1 Å². The van der Waals surface area contributed by atoms with Crippen LogP contribution in [0, 0.1) is 0 Å². The zero-order valence-corrected chi connectivity index (χ0v) is 20.8. The first kappa shape index (κ1) is 25.8. The highest BCUT2D eigenvalue weighted by Gasteiger charge is 2.32. The minimum absolute atomic E-state index is 0.131. The highest BCUT2D eigenvalue weighted by atomic mass is 16.6. The average molecular weight is 471 g/mol. The van der Waals surface area contributed by atoms with Crippen molar-refractivity contribution in [1.29, 1.82) is 0 Å². The number of likely N-dealkylation sites (tertiary alicyclic amines) is 1. The Labute approximate surface area is 203 Å². The van der Waals surface area contributed by atoms with Crippen molar-refractivity contribution in [3.8, 4) is 11.5 Å². The standard InChI is InChI=1S/C27H38N2O5/c1-27(2,3)34-26(30)29-15-14-23(24(28)18-29)20-10-12-22(13-11-20)33-17-7-16-32-19-21-8-5-6-9-25(21)31-4/h5-6,8-13,23-24H,7,14-19,28H2,1-4H3. The zero-order chi connectivity index (χ0) is 24.6. The monoisotopic (exact) mass is 470 g/mol. The van der Waals surface area contributed by atoms with Crippen LogP contribution >= 0.6 is 0 Å². The largest absolute Gasteiger partial charge is 0.496 e. The van der Waals surface area contributed by atoms with E-state index in [9.17, 15) is 4.79 Å². The third-order valence-corrected chi connectivity index (χ3v) is 5.77. The van der Waals surface area contributed by atoms with Crippen LogP contribution in [-0.2, 0) is 16.1 Å². The zero-order valence-electron chi connectivity index (χ0n) is 20.8. The van der Waals surface area contributed by atoms with Gasteiger partial charge in [0.25, 0.3) is 0 Å². The van der Waals surface area contributed by atoms with Crippen LogP contribution in [0.15, 0.2) is 48.5 Å². The first-order valence-electron chi connectivity index (χ1n) is 11.9. The number of para-hydroxylation sites is 1. The molecule has 2 aromatic rings. The van der Waals surface area contributed by atoms with Gasteiger partial charge >= 0.3 is 6.09 Å². The predicted molar refractivity (Wildman–Crippen MR) is 132 cm³/mol. The van der Waals surface area contributed by atoms with Gasteiger partial charge in [-0.15, -0.1) is 0 Å². The molecule has 0 radical (unpaired) electrons. The smallest absolute Gasteiger partial charge is 0.410 e. The lowest BCUT2D eigenvalue weighted by molar-refractivity contribution is 0.0186. The summed E-state index contributed by atoms with van der Waals surface area (Å²) < 4.78 is 22.4. The second kappa shape index (κ2) is 12.1. The summed E-state index contributed by atoms with van der Waals surface area (Å²) in [6.45, 7) is 8.46. The van der Waals surface area contributed by atoms with E-state index in [0.29, 0.717) is 32.9 Å². The van der Waals surface area contributed by atoms with E-state index in [1.807, 2.05) is 57.2 Å². The van der Waals surface area contributed by atoms with Gasteiger partial charge in [-0.1, -0.05) is 30.3 Å². The van der Waals surface area contributed by atoms with Crippen molar-refractivity contribution < 1.29 is 23.7 Å². The number of carbonyl (C=O) groups excluding carboxylic acids is 1. The van der Waals surface area contributed by atoms with Crippen molar-refractivity contribution >= 4 is 6.09 Å². The predicted octanol–water partition coefficient (Wildman–Crippen LogP) is 4.73. The van der Waals surface area contributed by atoms with E-state index in [1.54, 1.807) is 12.0 Å². The van der Waals surface area contributed by atoms with E-state index in [-0.39, 0.29) is 18.1 Å². The molecule has 1 aliphatic rings. The molecule has 0 saturated carbocycles. The van der Waals surface area contributed by atoms with Crippen molar-refractivity contribution in [2.24, 2.45) is 5.73 Å². The van der Waals surface area contributed by atoms with Crippen molar-refractivity contribution in [3.63, 3.8) is 0 Å². The maximum Gasteiger partial charge on any atom is 0.410 e. The molecule has 186 valence electrons. The van der Waals surface area contributed by atoms with E-state index in [4.69, 9.17) is 24.7 Å². The number of nitrogens with two attached hydrogens (primary N) is 1. The molecule has 1 fully saturated rings. The molecule has 1 saturated heterocycles. The molecule has 2 atom stereocenters. The van der Waals surface area contributed by atoms with E-state index < -0.39 is 5.60 Å². The molecule has 1 amide bonds. The Hall–Kier alpha value is -2.77. The third-order valence-electron chi connectivity index (χ3n) is 5.77. The Morgan fingerprint density at radius 2 is 1.82 bits per heavy atom. The molecule has 2 N–H and O–H groups in total. The van der Waals surface area contributed by atoms with Crippen LogP contribution in [0.4, 0.5) is 4.79 Å². The molecule has 0 spiro atoms. The van der Waals surface area contributed by atoms with Gasteiger partial charge < -0.3 is 29.6 Å². The fraction of sp³-hybridized carbons (Fsp3) is 0.519. The van der Waals surface area contributed by atoms with Crippen LogP contribution in [0.3, 0.4) is 0 Å². The Bertz CT molecular complexity index is 910. The summed E-state index contributed by atoms with van der Waals surface area (Å²) in [5.74, 6) is 1.87. The third kappa shape index (κ3) is 7.64. The maximum absolute atomic E-state index is 12.3. The fourth-order valence-corrected chi connectivity index (χ4v) is 4.05. The maximum atomic E-state index is 12.3. The number of carbonyl (C=O) groups is 1. The molecule has 3 rings (SSSR count). The number of hydrogen-bond donors (Lipinski definition) is 1. The number of rotatable bonds is 9. The SMILES string of the molecule is COc1ccccc1COCCCOc1ccc(C2CCN(C(=O)OC(C)(C)C)CC2N)cc1. The second-order valence-electron chi connectivity index (χ2n) is 9.62. The van der Waals surface area contributed by atoms with Crippen LogP contribution in [0.1, 0.15) is 50.7 Å². The van der Waals surface area contributed by atoms with E-state index in [0.717, 1.165) is 29.9 Å². The first-order valence-corrected chi connectivity index (χ1v) is 11.9. The summed E-state index contributed by atoms with van der Waals surface area (Å²) in [5.41, 5.74) is 8.13. The minimum atomic E-state index is -0.505. The van der Waals surface area contributed by atoms with Gasteiger partial charge in [-0.2, -0.15) is 0 Å². The van der Waals surface area contributed by atoms with Crippen LogP contribution in [0.5, 0.6) is 11.5 Å². The van der Waals surface area contributed by atoms with Gasteiger partial charge in [0.05, 0.1) is 26.9 Å². The second-order valence-corrected chi connectivity index (χ2v) is 9.62. The van der Waals surface area contributed by atoms with E-state index in [2.05, 4.69) is 12.1 Å². The molecule has 2 unspecified atom stereocenters. The first-order chi connectivity index (χ1) is 16.3. The average Bonchev–Trinajstić information content (AvgIpc) is 2.81. The topological polar surface area (TPSA) is 83.2 Å². The summed E-state index contributed by atoms with van der Waals surface area (Å²) in [6.07, 6.45) is 1.31. The Morgan fingerprint density at radius 1 is 1.09 bits per heavy atom. The normalized spacial score (nSPS) is 18.4. The Morgan fingerprint density at radius 3 is 2.50 bits per heavy atom. The van der Waals surface area contributed by atoms with Crippen molar-refractivity contribution in [2.45, 2.75) is 57.8 Å². The molecule has 0 bridgehead atoms. The number of nitrogens with zero attached hydrogens (tertiary/aromatic N) is 1. The Balaban J connectivity index is 1.38. The molecule has 7 nitrogen and oxygen atoms in total. The lowest BCUT2D eigenvalue weighted by Gasteiger charge is -2.37. The summed E-state index contributed by atoms with van der Waals surface area (Å²) in [7, 11) is 1.67. The summed E-state index contributed by atoms with van der Waals surface area (Å²) in [5, 5.41) is 0. The highest BCUT2D eigenvalue weighted by molar-refractivity contribution is 5.68. The van der Waals surface area contributed by atoms with E-state index in [1.165, 1.54) is 5.56 Å². The molecular weight excluding hydrogens is 432 g/mol. The van der Waals surface area contributed by atoms with Crippen LogP contribution in [-0.4, -0.2) is 56.0 Å². The molecule has 1 heterocycles. The van der Waals surface area contributed by atoms with Gasteiger partial charge in [-0.25, -0.2) is 4.79 Å². The lowest BCUT2D eigenvalue weighted by Crippen LogP contribution is -2.50. The quantitative estimate of drug-likeness (QED) is 0.534. The number of amides is 1. The molecular formula is C27H38N2O5. The number of methoxy groups -OCH3 is 1. The van der Waals surface area contributed by atoms with Crippen molar-refractivity contribution in [1.82, 2.24) is 4.90 Å². The molecule has 1 aliphatic heterocycles. The molecule has 0 aliphatic carbocycles. The number of hydrogen-bond acceptors (Lipinski definition) is 6. The van der Waals surface area contributed by atoms with Crippen LogP contribution < -0.4 is 15.2 Å². The summed E-state index contributed by atoms with van der Waals surface area (Å²) >= 11 is 0. The van der Waals surface area contributed by atoms with Crippen molar-refractivity contribution in [3.05, 3.63) is 59.7 Å². The van der Waals surface area contributed by atoms with Gasteiger partial charge in [-0.3, -0.25) is 0 Å². The molecule has 0 aromatic heterocycles. The van der Waals surface area contributed by atoms with Crippen LogP contribution in [0.2, 0.25) is 0 Å². The Kier molecular flexibility index (Phi) is 9.19. The van der Waals surface area contributed by atoms with Crippen LogP contribution in [0.25, 0.3) is 0 Å². The molecule has 2 aromatic carbocycles. The van der Waals surface area contributed by atoms with E-state index >= 15 is 0 Å². The van der Waals surface area contributed by atoms with Gasteiger partial charge in [0, 0.05) is 37.0 Å².